The molecule has 0 fully saturated rings. The van der Waals surface area contributed by atoms with Crippen molar-refractivity contribution < 1.29 is 8.42 Å². The van der Waals surface area contributed by atoms with Crippen LogP contribution in [0.25, 0.3) is 10.8 Å². The molecule has 1 heterocycles. The maximum absolute atomic E-state index is 12.8. The molecule has 3 aromatic carbocycles. The Morgan fingerprint density at radius 1 is 0.853 bits per heavy atom. The Bertz CT molecular complexity index is 1310. The molecule has 0 spiro atoms. The summed E-state index contributed by atoms with van der Waals surface area (Å²) in [6, 6.07) is 25.6. The summed E-state index contributed by atoms with van der Waals surface area (Å²) in [7, 11) is -3.61. The predicted molar refractivity (Wildman–Crippen MR) is 141 cm³/mol. The van der Waals surface area contributed by atoms with Gasteiger partial charge in [0.2, 0.25) is 10.0 Å². The molecule has 0 aliphatic heterocycles. The van der Waals surface area contributed by atoms with Crippen molar-refractivity contribution in [2.75, 3.05) is 31.1 Å². The van der Waals surface area contributed by atoms with E-state index in [4.69, 9.17) is 0 Å². The minimum absolute atomic E-state index is 0.275. The number of rotatable bonds is 11. The third kappa shape index (κ3) is 6.42. The average molecular weight is 539 g/mol. The highest BCUT2D eigenvalue weighted by atomic mass is 79.9. The van der Waals surface area contributed by atoms with Gasteiger partial charge >= 0.3 is 0 Å². The monoisotopic (exact) mass is 538 g/mol. The molecule has 0 saturated heterocycles. The van der Waals surface area contributed by atoms with Gasteiger partial charge in [-0.1, -0.05) is 58.4 Å². The second-order valence-corrected chi connectivity index (χ2v) is 10.5. The smallest absolute Gasteiger partial charge is 0.241 e. The maximum Gasteiger partial charge on any atom is 0.241 e. The van der Waals surface area contributed by atoms with Crippen molar-refractivity contribution in [3.05, 3.63) is 101 Å². The first kappa shape index (κ1) is 24.3. The molecule has 1 aromatic heterocycles. The first-order valence-corrected chi connectivity index (χ1v) is 13.4. The largest absolute Gasteiger partial charge is 0.366 e. The highest BCUT2D eigenvalue weighted by Gasteiger charge is 2.16. The van der Waals surface area contributed by atoms with E-state index in [1.807, 2.05) is 36.4 Å². The average Bonchev–Trinajstić information content (AvgIpc) is 2.86. The number of nitrogens with one attached hydrogen (secondary N) is 2. The van der Waals surface area contributed by atoms with E-state index in [9.17, 15) is 8.42 Å². The van der Waals surface area contributed by atoms with Crippen molar-refractivity contribution in [1.29, 1.82) is 0 Å². The number of fused-ring (bicyclic) bond motifs is 1. The molecule has 0 unspecified atom stereocenters. The summed E-state index contributed by atoms with van der Waals surface area (Å²) in [5.41, 5.74) is 2.38. The normalized spacial score (nSPS) is 11.6. The third-order valence-electron chi connectivity index (χ3n) is 5.49. The van der Waals surface area contributed by atoms with E-state index in [1.54, 1.807) is 30.6 Å². The molecule has 4 rings (SSSR count). The second kappa shape index (κ2) is 11.6. The second-order valence-electron chi connectivity index (χ2n) is 7.88. The minimum atomic E-state index is -3.61. The quantitative estimate of drug-likeness (QED) is 0.273. The fourth-order valence-electron chi connectivity index (χ4n) is 3.77. The van der Waals surface area contributed by atoms with Crippen LogP contribution in [0.3, 0.4) is 0 Å². The Morgan fingerprint density at radius 3 is 2.44 bits per heavy atom. The molecule has 0 atom stereocenters. The number of hydrogen-bond donors (Lipinski definition) is 2. The van der Waals surface area contributed by atoms with Crippen LogP contribution < -0.4 is 14.9 Å². The molecule has 6 nitrogen and oxygen atoms in total. The van der Waals surface area contributed by atoms with E-state index in [-0.39, 0.29) is 4.90 Å². The molecule has 4 aromatic rings. The van der Waals surface area contributed by atoms with Gasteiger partial charge in [-0.05, 0) is 42.0 Å². The van der Waals surface area contributed by atoms with E-state index >= 15 is 0 Å². The lowest BCUT2D eigenvalue weighted by molar-refractivity contribution is 0.576. The van der Waals surface area contributed by atoms with Crippen molar-refractivity contribution in [2.24, 2.45) is 0 Å². The summed E-state index contributed by atoms with van der Waals surface area (Å²) < 4.78 is 29.4. The van der Waals surface area contributed by atoms with Crippen molar-refractivity contribution >= 4 is 42.4 Å². The van der Waals surface area contributed by atoms with Crippen LogP contribution in [0.2, 0.25) is 0 Å². The Hall–Kier alpha value is -2.78. The minimum Gasteiger partial charge on any atom is -0.366 e. The maximum atomic E-state index is 12.8. The zero-order valence-corrected chi connectivity index (χ0v) is 21.1. The van der Waals surface area contributed by atoms with Crippen molar-refractivity contribution in [3.63, 3.8) is 0 Å². The van der Waals surface area contributed by atoms with Gasteiger partial charge in [0.1, 0.15) is 0 Å². The molecule has 2 N–H and O–H groups in total. The van der Waals surface area contributed by atoms with Crippen LogP contribution in [-0.4, -0.2) is 39.6 Å². The van der Waals surface area contributed by atoms with Gasteiger partial charge < -0.3 is 10.2 Å². The molecular weight excluding hydrogens is 512 g/mol. The predicted octanol–water partition coefficient (Wildman–Crippen LogP) is 4.57. The van der Waals surface area contributed by atoms with Crippen molar-refractivity contribution in [1.82, 2.24) is 15.0 Å². The molecular formula is C26H27BrN4O2S. The first-order chi connectivity index (χ1) is 16.5. The fraction of sp³-hybridized carbons (Fsp3) is 0.192. The third-order valence-corrected chi connectivity index (χ3v) is 7.54. The lowest BCUT2D eigenvalue weighted by Crippen LogP contribution is -2.36. The summed E-state index contributed by atoms with van der Waals surface area (Å²) in [6.07, 6.45) is 3.28. The Balaban J connectivity index is 1.30. The summed E-state index contributed by atoms with van der Waals surface area (Å²) in [5, 5.41) is 4.83. The molecule has 0 amide bonds. The Morgan fingerprint density at radius 2 is 1.65 bits per heavy atom. The number of anilines is 1. The van der Waals surface area contributed by atoms with Gasteiger partial charge in [0.15, 0.2) is 0 Å². The van der Waals surface area contributed by atoms with Crippen LogP contribution in [0.1, 0.15) is 5.56 Å². The number of halogens is 1. The Labute approximate surface area is 209 Å². The fourth-order valence-corrected chi connectivity index (χ4v) is 5.30. The molecule has 0 aliphatic carbocycles. The van der Waals surface area contributed by atoms with E-state index in [2.05, 4.69) is 60.1 Å². The first-order valence-electron chi connectivity index (χ1n) is 11.1. The van der Waals surface area contributed by atoms with Gasteiger partial charge in [-0.25, -0.2) is 13.1 Å². The van der Waals surface area contributed by atoms with E-state index in [0.717, 1.165) is 35.2 Å². The molecule has 34 heavy (non-hydrogen) atoms. The van der Waals surface area contributed by atoms with Gasteiger partial charge in [-0.2, -0.15) is 0 Å². The van der Waals surface area contributed by atoms with Gasteiger partial charge in [0, 0.05) is 66.1 Å². The van der Waals surface area contributed by atoms with Gasteiger partial charge in [-0.15, -0.1) is 0 Å². The number of hydrogen-bond acceptors (Lipinski definition) is 5. The Kier molecular flexibility index (Phi) is 8.29. The van der Waals surface area contributed by atoms with E-state index in [1.165, 1.54) is 5.56 Å². The highest BCUT2D eigenvalue weighted by molar-refractivity contribution is 9.10. The summed E-state index contributed by atoms with van der Waals surface area (Å²) in [6.45, 7) is 3.16. The number of sulfonamides is 1. The lowest BCUT2D eigenvalue weighted by atomic mass is 10.2. The van der Waals surface area contributed by atoms with E-state index < -0.39 is 10.0 Å². The summed E-state index contributed by atoms with van der Waals surface area (Å²) in [5.74, 6) is 0. The van der Waals surface area contributed by atoms with Gasteiger partial charge in [0.25, 0.3) is 0 Å². The molecule has 0 saturated carbocycles. The molecule has 0 radical (unpaired) electrons. The summed E-state index contributed by atoms with van der Waals surface area (Å²) >= 11 is 3.50. The molecule has 176 valence electrons. The van der Waals surface area contributed by atoms with E-state index in [0.29, 0.717) is 18.5 Å². The van der Waals surface area contributed by atoms with Crippen LogP contribution >= 0.6 is 15.9 Å². The molecule has 8 heteroatoms. The number of pyridine rings is 1. The molecule has 0 bridgehead atoms. The molecule has 0 aliphatic rings. The van der Waals surface area contributed by atoms with Crippen LogP contribution in [0.4, 0.5) is 5.69 Å². The summed E-state index contributed by atoms with van der Waals surface area (Å²) in [4.78, 5) is 6.65. The van der Waals surface area contributed by atoms with Crippen LogP contribution in [-0.2, 0) is 16.6 Å². The van der Waals surface area contributed by atoms with Crippen LogP contribution in [0.5, 0.6) is 0 Å². The number of aromatic nitrogens is 1. The number of nitrogens with zero attached hydrogens (tertiary/aromatic N) is 2. The van der Waals surface area contributed by atoms with Crippen LogP contribution in [0, 0.1) is 0 Å². The lowest BCUT2D eigenvalue weighted by Gasteiger charge is -2.25. The zero-order chi connectivity index (χ0) is 23.8. The van der Waals surface area contributed by atoms with Gasteiger partial charge in [-0.3, -0.25) is 4.98 Å². The standard InChI is InChI=1S/C26H27BrN4O2S/c27-23-9-11-24(12-10-23)31(20-21-5-2-1-3-6-21)18-17-28-15-16-30-34(32,33)26-8-4-7-22-19-29-14-13-25(22)26/h1-14,19,28,30H,15-18,20H2. The van der Waals surface area contributed by atoms with Crippen molar-refractivity contribution in [2.45, 2.75) is 11.4 Å². The highest BCUT2D eigenvalue weighted by Crippen LogP contribution is 2.22. The van der Waals surface area contributed by atoms with Crippen LogP contribution in [0.15, 0.2) is 101 Å². The van der Waals surface area contributed by atoms with Gasteiger partial charge in [0.05, 0.1) is 4.90 Å². The van der Waals surface area contributed by atoms with Crippen molar-refractivity contribution in [3.8, 4) is 0 Å². The number of benzene rings is 3. The zero-order valence-electron chi connectivity index (χ0n) is 18.7. The SMILES string of the molecule is O=S(=O)(NCCNCCN(Cc1ccccc1)c1ccc(Br)cc1)c1cccc2cnccc12. The topological polar surface area (TPSA) is 74.3 Å².